The third-order valence-corrected chi connectivity index (χ3v) is 5.25. The second-order valence-electron chi connectivity index (χ2n) is 4.40. The van der Waals surface area contributed by atoms with Gasteiger partial charge >= 0.3 is 0 Å². The standard InChI is InChI=1S/C14H14ClIN2O2S/c1-17-9-10-2-7-13(8-14(10)15)21(19,20)18-12-5-3-11(16)4-6-12/h2-8,17-18H,9H2,1H3. The maximum absolute atomic E-state index is 12.3. The van der Waals surface area contributed by atoms with Gasteiger partial charge in [0.05, 0.1) is 4.90 Å². The Morgan fingerprint density at radius 3 is 2.38 bits per heavy atom. The van der Waals surface area contributed by atoms with Gasteiger partial charge in [0.25, 0.3) is 10.0 Å². The zero-order valence-corrected chi connectivity index (χ0v) is 15.0. The molecule has 0 saturated carbocycles. The molecule has 0 saturated heterocycles. The Hall–Kier alpha value is -0.830. The van der Waals surface area contributed by atoms with Gasteiger partial charge < -0.3 is 5.32 Å². The summed E-state index contributed by atoms with van der Waals surface area (Å²) in [6.45, 7) is 0.587. The highest BCUT2D eigenvalue weighted by Crippen LogP contribution is 2.23. The van der Waals surface area contributed by atoms with Gasteiger partial charge in [-0.15, -0.1) is 0 Å². The van der Waals surface area contributed by atoms with Crippen LogP contribution in [0, 0.1) is 3.57 Å². The third-order valence-electron chi connectivity index (χ3n) is 2.80. The predicted molar refractivity (Wildman–Crippen MR) is 94.2 cm³/mol. The summed E-state index contributed by atoms with van der Waals surface area (Å²) >= 11 is 8.27. The summed E-state index contributed by atoms with van der Waals surface area (Å²) < 4.78 is 28.2. The molecule has 0 aliphatic rings. The fourth-order valence-corrected chi connectivity index (χ4v) is 3.52. The van der Waals surface area contributed by atoms with E-state index in [1.165, 1.54) is 6.07 Å². The van der Waals surface area contributed by atoms with E-state index in [2.05, 4.69) is 32.6 Å². The van der Waals surface area contributed by atoms with Gasteiger partial charge in [-0.2, -0.15) is 0 Å². The first-order valence-corrected chi connectivity index (χ1v) is 9.08. The molecule has 0 bridgehead atoms. The molecule has 0 aliphatic carbocycles. The van der Waals surface area contributed by atoms with Crippen molar-refractivity contribution in [3.05, 3.63) is 56.6 Å². The minimum Gasteiger partial charge on any atom is -0.316 e. The van der Waals surface area contributed by atoms with Gasteiger partial charge in [0, 0.05) is 20.8 Å². The van der Waals surface area contributed by atoms with Crippen molar-refractivity contribution in [2.75, 3.05) is 11.8 Å². The first-order valence-electron chi connectivity index (χ1n) is 6.14. The molecular formula is C14H14ClIN2O2S. The van der Waals surface area contributed by atoms with Gasteiger partial charge in [0.15, 0.2) is 0 Å². The monoisotopic (exact) mass is 436 g/mol. The smallest absolute Gasteiger partial charge is 0.261 e. The number of anilines is 1. The largest absolute Gasteiger partial charge is 0.316 e. The Morgan fingerprint density at radius 1 is 1.14 bits per heavy atom. The van der Waals surface area contributed by atoms with Gasteiger partial charge in [-0.3, -0.25) is 4.72 Å². The topological polar surface area (TPSA) is 58.2 Å². The summed E-state index contributed by atoms with van der Waals surface area (Å²) in [5.41, 5.74) is 1.37. The summed E-state index contributed by atoms with van der Waals surface area (Å²) in [5.74, 6) is 0. The number of benzene rings is 2. The molecule has 2 aromatic rings. The van der Waals surface area contributed by atoms with Crippen LogP contribution in [-0.2, 0) is 16.6 Å². The Kier molecular flexibility index (Phi) is 5.48. The average Bonchev–Trinajstić information content (AvgIpc) is 2.43. The SMILES string of the molecule is CNCc1ccc(S(=O)(=O)Nc2ccc(I)cc2)cc1Cl. The van der Waals surface area contributed by atoms with E-state index in [1.54, 1.807) is 31.3 Å². The highest BCUT2D eigenvalue weighted by atomic mass is 127. The number of rotatable bonds is 5. The van der Waals surface area contributed by atoms with Crippen LogP contribution in [0.1, 0.15) is 5.56 Å². The summed E-state index contributed by atoms with van der Waals surface area (Å²) in [5, 5.41) is 3.40. The Balaban J connectivity index is 2.27. The second kappa shape index (κ2) is 6.95. The number of halogens is 2. The van der Waals surface area contributed by atoms with Gasteiger partial charge in [-0.05, 0) is 71.6 Å². The first-order chi connectivity index (χ1) is 9.92. The van der Waals surface area contributed by atoms with Crippen molar-refractivity contribution in [2.45, 2.75) is 11.4 Å². The van der Waals surface area contributed by atoms with Crippen LogP contribution in [0.3, 0.4) is 0 Å². The van der Waals surface area contributed by atoms with Crippen LogP contribution in [0.5, 0.6) is 0 Å². The minimum absolute atomic E-state index is 0.144. The highest BCUT2D eigenvalue weighted by Gasteiger charge is 2.15. The molecule has 0 heterocycles. The van der Waals surface area contributed by atoms with Gasteiger partial charge in [0.2, 0.25) is 0 Å². The van der Waals surface area contributed by atoms with Crippen LogP contribution in [0.4, 0.5) is 5.69 Å². The molecule has 2 aromatic carbocycles. The lowest BCUT2D eigenvalue weighted by atomic mass is 10.2. The van der Waals surface area contributed by atoms with Crippen LogP contribution in [0.15, 0.2) is 47.4 Å². The van der Waals surface area contributed by atoms with Gasteiger partial charge in [-0.25, -0.2) is 8.42 Å². The van der Waals surface area contributed by atoms with E-state index in [4.69, 9.17) is 11.6 Å². The number of hydrogen-bond donors (Lipinski definition) is 2. The molecule has 112 valence electrons. The van der Waals surface area contributed by atoms with Crippen LogP contribution in [-0.4, -0.2) is 15.5 Å². The molecule has 2 N–H and O–H groups in total. The second-order valence-corrected chi connectivity index (χ2v) is 7.73. The maximum atomic E-state index is 12.3. The lowest BCUT2D eigenvalue weighted by Gasteiger charge is -2.10. The first kappa shape index (κ1) is 16.5. The van der Waals surface area contributed by atoms with Crippen molar-refractivity contribution >= 4 is 49.9 Å². The average molecular weight is 437 g/mol. The molecule has 0 aliphatic heterocycles. The fraction of sp³-hybridized carbons (Fsp3) is 0.143. The van der Waals surface area contributed by atoms with E-state index >= 15 is 0 Å². The summed E-state index contributed by atoms with van der Waals surface area (Å²) in [4.78, 5) is 0.144. The van der Waals surface area contributed by atoms with Crippen molar-refractivity contribution in [2.24, 2.45) is 0 Å². The lowest BCUT2D eigenvalue weighted by Crippen LogP contribution is -2.13. The van der Waals surface area contributed by atoms with E-state index in [0.717, 1.165) is 9.13 Å². The summed E-state index contributed by atoms with van der Waals surface area (Å²) in [7, 11) is -1.83. The number of hydrogen-bond acceptors (Lipinski definition) is 3. The summed E-state index contributed by atoms with van der Waals surface area (Å²) in [6.07, 6.45) is 0. The van der Waals surface area contributed by atoms with Gasteiger partial charge in [-0.1, -0.05) is 17.7 Å². The normalized spacial score (nSPS) is 11.4. The molecule has 0 unspecified atom stereocenters. The Morgan fingerprint density at radius 2 is 1.81 bits per heavy atom. The zero-order chi connectivity index (χ0) is 15.5. The van der Waals surface area contributed by atoms with E-state index in [9.17, 15) is 8.42 Å². The third kappa shape index (κ3) is 4.32. The van der Waals surface area contributed by atoms with Crippen LogP contribution < -0.4 is 10.0 Å². The molecule has 0 spiro atoms. The minimum atomic E-state index is -3.64. The molecule has 2 rings (SSSR count). The predicted octanol–water partition coefficient (Wildman–Crippen LogP) is 3.46. The van der Waals surface area contributed by atoms with Crippen molar-refractivity contribution in [3.8, 4) is 0 Å². The molecule has 0 atom stereocenters. The van der Waals surface area contributed by atoms with Crippen molar-refractivity contribution in [3.63, 3.8) is 0 Å². The number of sulfonamides is 1. The van der Waals surface area contributed by atoms with E-state index in [-0.39, 0.29) is 4.90 Å². The molecule has 0 fully saturated rings. The Labute approximate surface area is 143 Å². The van der Waals surface area contributed by atoms with Gasteiger partial charge in [0.1, 0.15) is 0 Å². The quantitative estimate of drug-likeness (QED) is 0.706. The van der Waals surface area contributed by atoms with Crippen molar-refractivity contribution in [1.29, 1.82) is 0 Å². The lowest BCUT2D eigenvalue weighted by molar-refractivity contribution is 0.601. The summed E-state index contributed by atoms with van der Waals surface area (Å²) in [6, 6.07) is 11.8. The fourth-order valence-electron chi connectivity index (χ4n) is 1.76. The molecule has 0 amide bonds. The van der Waals surface area contributed by atoms with E-state index in [0.29, 0.717) is 17.3 Å². The van der Waals surface area contributed by atoms with Crippen LogP contribution >= 0.6 is 34.2 Å². The maximum Gasteiger partial charge on any atom is 0.261 e. The van der Waals surface area contributed by atoms with E-state index in [1.807, 2.05) is 12.1 Å². The van der Waals surface area contributed by atoms with Crippen molar-refractivity contribution in [1.82, 2.24) is 5.32 Å². The van der Waals surface area contributed by atoms with E-state index < -0.39 is 10.0 Å². The molecule has 0 radical (unpaired) electrons. The molecular weight excluding hydrogens is 423 g/mol. The van der Waals surface area contributed by atoms with Crippen LogP contribution in [0.25, 0.3) is 0 Å². The molecule has 4 nitrogen and oxygen atoms in total. The highest BCUT2D eigenvalue weighted by molar-refractivity contribution is 14.1. The molecule has 7 heteroatoms. The molecule has 21 heavy (non-hydrogen) atoms. The molecule has 0 aromatic heterocycles. The van der Waals surface area contributed by atoms with Crippen LogP contribution in [0.2, 0.25) is 5.02 Å². The zero-order valence-electron chi connectivity index (χ0n) is 11.2. The Bertz CT molecular complexity index is 733. The number of nitrogens with one attached hydrogen (secondary N) is 2. The van der Waals surface area contributed by atoms with Crippen molar-refractivity contribution < 1.29 is 8.42 Å².